The molecule has 1 aromatic rings. The number of ether oxygens (including phenoxy) is 1. The maximum atomic E-state index is 13.0. The first-order chi connectivity index (χ1) is 9.66. The molecular weight excluding hydrogens is 265 g/mol. The van der Waals surface area contributed by atoms with E-state index in [9.17, 15) is 14.5 Å². The molecule has 20 heavy (non-hydrogen) atoms. The number of hydrogen-bond acceptors (Lipinski definition) is 5. The molecule has 1 fully saturated rings. The highest BCUT2D eigenvalue weighted by Crippen LogP contribution is 2.24. The van der Waals surface area contributed by atoms with Crippen molar-refractivity contribution in [3.63, 3.8) is 0 Å². The Labute approximate surface area is 116 Å². The molecule has 7 heteroatoms. The summed E-state index contributed by atoms with van der Waals surface area (Å²) in [7, 11) is 0. The molecule has 1 heterocycles. The highest BCUT2D eigenvalue weighted by atomic mass is 19.1. The first-order valence-corrected chi connectivity index (χ1v) is 6.67. The van der Waals surface area contributed by atoms with Crippen LogP contribution in [0.4, 0.5) is 15.8 Å². The highest BCUT2D eigenvalue weighted by molar-refractivity contribution is 5.61. The van der Waals surface area contributed by atoms with Gasteiger partial charge in [-0.05, 0) is 38.1 Å². The van der Waals surface area contributed by atoms with Gasteiger partial charge in [0, 0.05) is 6.54 Å². The summed E-state index contributed by atoms with van der Waals surface area (Å²) in [6, 6.07) is 3.48. The van der Waals surface area contributed by atoms with Crippen LogP contribution in [0.25, 0.3) is 0 Å². The molecule has 2 rings (SSSR count). The zero-order valence-electron chi connectivity index (χ0n) is 11.1. The van der Waals surface area contributed by atoms with Gasteiger partial charge in [0.05, 0.1) is 23.7 Å². The molecule has 0 bridgehead atoms. The molecule has 1 aliphatic rings. The van der Waals surface area contributed by atoms with E-state index >= 15 is 0 Å². The van der Waals surface area contributed by atoms with Crippen molar-refractivity contribution in [2.24, 2.45) is 0 Å². The molecule has 0 aromatic heterocycles. The van der Waals surface area contributed by atoms with Gasteiger partial charge in [-0.1, -0.05) is 0 Å². The quantitative estimate of drug-likeness (QED) is 0.474. The first-order valence-electron chi connectivity index (χ1n) is 6.67. The van der Waals surface area contributed by atoms with Crippen LogP contribution in [0.3, 0.4) is 0 Å². The summed E-state index contributed by atoms with van der Waals surface area (Å²) in [6.07, 6.45) is 2.22. The molecule has 6 nitrogen and oxygen atoms in total. The van der Waals surface area contributed by atoms with Gasteiger partial charge in [-0.3, -0.25) is 10.1 Å². The van der Waals surface area contributed by atoms with Crippen molar-refractivity contribution >= 4 is 11.4 Å². The second kappa shape index (κ2) is 7.16. The zero-order chi connectivity index (χ0) is 14.4. The average Bonchev–Trinajstić information content (AvgIpc) is 2.45. The largest absolute Gasteiger partial charge is 0.377 e. The minimum Gasteiger partial charge on any atom is -0.377 e. The Morgan fingerprint density at radius 2 is 2.20 bits per heavy atom. The molecule has 1 aliphatic heterocycles. The summed E-state index contributed by atoms with van der Waals surface area (Å²) in [4.78, 5) is 10.2. The van der Waals surface area contributed by atoms with Crippen molar-refractivity contribution in [2.45, 2.75) is 18.9 Å². The van der Waals surface area contributed by atoms with Crippen LogP contribution in [0.1, 0.15) is 12.8 Å². The molecule has 0 unspecified atom stereocenters. The highest BCUT2D eigenvalue weighted by Gasteiger charge is 2.15. The molecule has 1 aromatic carbocycles. The Morgan fingerprint density at radius 1 is 1.45 bits per heavy atom. The van der Waals surface area contributed by atoms with Gasteiger partial charge in [0.1, 0.15) is 11.5 Å². The lowest BCUT2D eigenvalue weighted by atomic mass is 10.1. The van der Waals surface area contributed by atoms with Crippen molar-refractivity contribution in [2.75, 3.05) is 31.6 Å². The van der Waals surface area contributed by atoms with Crippen molar-refractivity contribution in [3.05, 3.63) is 34.1 Å². The molecule has 0 amide bonds. The summed E-state index contributed by atoms with van der Waals surface area (Å²) in [5.41, 5.74) is 0.0529. The van der Waals surface area contributed by atoms with E-state index in [1.165, 1.54) is 12.1 Å². The van der Waals surface area contributed by atoms with Crippen molar-refractivity contribution in [3.8, 4) is 0 Å². The van der Waals surface area contributed by atoms with E-state index in [0.717, 1.165) is 32.0 Å². The Balaban J connectivity index is 1.80. The van der Waals surface area contributed by atoms with Crippen LogP contribution in [0.15, 0.2) is 18.2 Å². The number of hydrogen-bond donors (Lipinski definition) is 2. The number of anilines is 1. The molecule has 0 aliphatic carbocycles. The van der Waals surface area contributed by atoms with Gasteiger partial charge in [0.25, 0.3) is 5.69 Å². The number of nitrogens with one attached hydrogen (secondary N) is 2. The fourth-order valence-electron chi connectivity index (χ4n) is 2.18. The predicted molar refractivity (Wildman–Crippen MR) is 73.4 cm³/mol. The molecule has 1 saturated heterocycles. The number of halogens is 1. The number of rotatable bonds is 6. The van der Waals surface area contributed by atoms with Crippen molar-refractivity contribution in [1.29, 1.82) is 0 Å². The van der Waals surface area contributed by atoms with Gasteiger partial charge in [-0.25, -0.2) is 4.39 Å². The van der Waals surface area contributed by atoms with Crippen LogP contribution in [0.2, 0.25) is 0 Å². The lowest BCUT2D eigenvalue weighted by Crippen LogP contribution is -2.33. The monoisotopic (exact) mass is 283 g/mol. The molecule has 0 saturated carbocycles. The Hall–Kier alpha value is -1.73. The molecule has 0 atom stereocenters. The Bertz CT molecular complexity index is 464. The van der Waals surface area contributed by atoms with Gasteiger partial charge in [0.15, 0.2) is 0 Å². The van der Waals surface area contributed by atoms with Gasteiger partial charge < -0.3 is 15.4 Å². The maximum absolute atomic E-state index is 13.0. The molecular formula is C13H18FN3O3. The summed E-state index contributed by atoms with van der Waals surface area (Å²) in [5, 5.41) is 17.0. The smallest absolute Gasteiger partial charge is 0.295 e. The van der Waals surface area contributed by atoms with Crippen LogP contribution >= 0.6 is 0 Å². The van der Waals surface area contributed by atoms with E-state index in [1.807, 2.05) is 0 Å². The van der Waals surface area contributed by atoms with Crippen LogP contribution in [-0.2, 0) is 4.74 Å². The van der Waals surface area contributed by atoms with E-state index in [4.69, 9.17) is 4.74 Å². The molecule has 110 valence electrons. The standard InChI is InChI=1S/C13H18FN3O3/c14-10-1-2-12(13(9-10)17(18)19)16-7-8-20-11-3-5-15-6-4-11/h1-2,9,11,15-16H,3-8H2. The van der Waals surface area contributed by atoms with Crippen molar-refractivity contribution < 1.29 is 14.1 Å². The SMILES string of the molecule is O=[N+]([O-])c1cc(F)ccc1NCCOC1CCNCC1. The third-order valence-electron chi connectivity index (χ3n) is 3.21. The van der Waals surface area contributed by atoms with Crippen LogP contribution in [0.5, 0.6) is 0 Å². The van der Waals surface area contributed by atoms with E-state index in [1.54, 1.807) is 0 Å². The fraction of sp³-hybridized carbons (Fsp3) is 0.538. The van der Waals surface area contributed by atoms with E-state index in [-0.39, 0.29) is 11.8 Å². The average molecular weight is 283 g/mol. The zero-order valence-corrected chi connectivity index (χ0v) is 11.1. The second-order valence-electron chi connectivity index (χ2n) is 4.67. The number of piperidine rings is 1. The third-order valence-corrected chi connectivity index (χ3v) is 3.21. The number of benzene rings is 1. The van der Waals surface area contributed by atoms with Crippen LogP contribution in [-0.4, -0.2) is 37.3 Å². The number of nitrogens with zero attached hydrogens (tertiary/aromatic N) is 1. The second-order valence-corrected chi connectivity index (χ2v) is 4.67. The van der Waals surface area contributed by atoms with E-state index < -0.39 is 10.7 Å². The topological polar surface area (TPSA) is 76.4 Å². The normalized spacial score (nSPS) is 16.1. The predicted octanol–water partition coefficient (Wildman–Crippen LogP) is 1.91. The summed E-state index contributed by atoms with van der Waals surface area (Å²) in [6.45, 7) is 2.85. The minimum atomic E-state index is -0.617. The fourth-order valence-corrected chi connectivity index (χ4v) is 2.18. The molecule has 2 N–H and O–H groups in total. The van der Waals surface area contributed by atoms with Gasteiger partial charge in [-0.2, -0.15) is 0 Å². The van der Waals surface area contributed by atoms with Crippen LogP contribution in [0, 0.1) is 15.9 Å². The first kappa shape index (κ1) is 14.7. The van der Waals surface area contributed by atoms with Gasteiger partial charge in [-0.15, -0.1) is 0 Å². The third kappa shape index (κ3) is 4.14. The Kier molecular flexibility index (Phi) is 5.25. The lowest BCUT2D eigenvalue weighted by Gasteiger charge is -2.23. The summed E-state index contributed by atoms with van der Waals surface area (Å²) < 4.78 is 18.7. The molecule has 0 spiro atoms. The van der Waals surface area contributed by atoms with Crippen molar-refractivity contribution in [1.82, 2.24) is 5.32 Å². The van der Waals surface area contributed by atoms with Gasteiger partial charge in [0.2, 0.25) is 0 Å². The molecule has 0 radical (unpaired) electrons. The van der Waals surface area contributed by atoms with E-state index in [0.29, 0.717) is 18.8 Å². The number of nitro groups is 1. The Morgan fingerprint density at radius 3 is 2.90 bits per heavy atom. The number of nitro benzene ring substituents is 1. The summed E-state index contributed by atoms with van der Waals surface area (Å²) in [5.74, 6) is -0.617. The van der Waals surface area contributed by atoms with E-state index in [2.05, 4.69) is 10.6 Å². The lowest BCUT2D eigenvalue weighted by molar-refractivity contribution is -0.384. The summed E-state index contributed by atoms with van der Waals surface area (Å²) >= 11 is 0. The minimum absolute atomic E-state index is 0.251. The van der Waals surface area contributed by atoms with Gasteiger partial charge >= 0.3 is 0 Å². The maximum Gasteiger partial charge on any atom is 0.295 e. The van der Waals surface area contributed by atoms with Crippen LogP contribution < -0.4 is 10.6 Å².